The van der Waals surface area contributed by atoms with Gasteiger partial charge in [-0.2, -0.15) is 4.98 Å². The second kappa shape index (κ2) is 5.61. The maximum atomic E-state index is 12.1. The van der Waals surface area contributed by atoms with Gasteiger partial charge in [-0.25, -0.2) is 24.0 Å². The highest BCUT2D eigenvalue weighted by Gasteiger charge is 2.20. The van der Waals surface area contributed by atoms with Crippen LogP contribution < -0.4 is 16.0 Å². The van der Waals surface area contributed by atoms with Gasteiger partial charge in [-0.15, -0.1) is 0 Å². The Morgan fingerprint density at radius 2 is 2.21 bits per heavy atom. The summed E-state index contributed by atoms with van der Waals surface area (Å²) in [5, 5.41) is 3.49. The fourth-order valence-electron chi connectivity index (χ4n) is 1.24. The maximum absolute atomic E-state index is 12.1. The number of halogens is 1. The van der Waals surface area contributed by atoms with E-state index in [4.69, 9.17) is 5.84 Å². The van der Waals surface area contributed by atoms with E-state index in [0.717, 1.165) is 6.39 Å². The molecule has 102 valence electrons. The molecule has 2 aromatic rings. The Morgan fingerprint density at radius 1 is 1.42 bits per heavy atom. The molecule has 2 rings (SSSR count). The van der Waals surface area contributed by atoms with Crippen LogP contribution in [-0.2, 0) is 16.6 Å². The second-order valence-electron chi connectivity index (χ2n) is 3.32. The van der Waals surface area contributed by atoms with Crippen LogP contribution in [0.15, 0.2) is 32.5 Å². The molecular weight excluding hydrogens is 340 g/mol. The van der Waals surface area contributed by atoms with Crippen molar-refractivity contribution in [3.05, 3.63) is 29.0 Å². The van der Waals surface area contributed by atoms with Crippen LogP contribution in [0, 0.1) is 0 Å². The number of hydrogen-bond acceptors (Lipinski definition) is 8. The molecule has 0 aliphatic carbocycles. The van der Waals surface area contributed by atoms with Crippen molar-refractivity contribution in [1.82, 2.24) is 19.8 Å². The van der Waals surface area contributed by atoms with Gasteiger partial charge in [-0.1, -0.05) is 5.16 Å². The Balaban J connectivity index is 2.26. The Labute approximate surface area is 116 Å². The lowest BCUT2D eigenvalue weighted by atomic mass is 10.5. The minimum absolute atomic E-state index is 0.0313. The molecule has 0 aliphatic heterocycles. The number of nitrogens with one attached hydrogen (secondary N) is 2. The fraction of sp³-hybridized carbons (Fsp3) is 0.125. The molecule has 0 saturated heterocycles. The molecule has 0 saturated carbocycles. The zero-order valence-electron chi connectivity index (χ0n) is 9.37. The van der Waals surface area contributed by atoms with Crippen molar-refractivity contribution < 1.29 is 12.9 Å². The molecule has 0 fully saturated rings. The van der Waals surface area contributed by atoms with Crippen LogP contribution in [0.5, 0.6) is 0 Å². The number of pyridine rings is 1. The van der Waals surface area contributed by atoms with Gasteiger partial charge in [0.15, 0.2) is 11.6 Å². The average molecular weight is 349 g/mol. The highest BCUT2D eigenvalue weighted by molar-refractivity contribution is 9.10. The number of nitrogen functional groups attached to an aromatic ring is 1. The number of nitrogens with zero attached hydrogens (tertiary/aromatic N) is 3. The first kappa shape index (κ1) is 13.9. The van der Waals surface area contributed by atoms with E-state index in [1.165, 1.54) is 12.3 Å². The van der Waals surface area contributed by atoms with Crippen LogP contribution in [0.1, 0.15) is 5.82 Å². The summed E-state index contributed by atoms with van der Waals surface area (Å²) in [4.78, 5) is 7.47. The van der Waals surface area contributed by atoms with Crippen molar-refractivity contribution in [2.24, 2.45) is 5.84 Å². The number of aromatic nitrogens is 3. The molecule has 11 heteroatoms. The fourth-order valence-corrected chi connectivity index (χ4v) is 2.85. The number of hydrogen-bond donors (Lipinski definition) is 3. The highest BCUT2D eigenvalue weighted by atomic mass is 79.9. The summed E-state index contributed by atoms with van der Waals surface area (Å²) in [6.45, 7) is -0.102. The summed E-state index contributed by atoms with van der Waals surface area (Å²) in [7, 11) is -3.81. The van der Waals surface area contributed by atoms with Gasteiger partial charge in [0.1, 0.15) is 4.90 Å². The van der Waals surface area contributed by atoms with Gasteiger partial charge in [0.25, 0.3) is 0 Å². The largest absolute Gasteiger partial charge is 0.343 e. The summed E-state index contributed by atoms with van der Waals surface area (Å²) in [5.74, 6) is 5.48. The molecule has 0 aromatic carbocycles. The molecule has 9 nitrogen and oxygen atoms in total. The molecule has 0 radical (unpaired) electrons. The number of rotatable bonds is 5. The van der Waals surface area contributed by atoms with Crippen LogP contribution in [-0.4, -0.2) is 23.5 Å². The van der Waals surface area contributed by atoms with Crippen LogP contribution in [0.25, 0.3) is 0 Å². The SMILES string of the molecule is NNc1ncc(Br)cc1S(=O)(=O)NCc1ncon1. The molecule has 0 amide bonds. The van der Waals surface area contributed by atoms with E-state index in [0.29, 0.717) is 4.47 Å². The predicted octanol–water partition coefficient (Wildman–Crippen LogP) is -0.00880. The molecule has 0 unspecified atom stereocenters. The lowest BCUT2D eigenvalue weighted by Gasteiger charge is -2.09. The summed E-state index contributed by atoms with van der Waals surface area (Å²) in [6, 6.07) is 1.38. The molecular formula is C8H9BrN6O3S. The zero-order chi connectivity index (χ0) is 13.9. The number of sulfonamides is 1. The number of anilines is 1. The molecule has 19 heavy (non-hydrogen) atoms. The molecule has 0 bridgehead atoms. The van der Waals surface area contributed by atoms with Gasteiger partial charge in [-0.05, 0) is 22.0 Å². The van der Waals surface area contributed by atoms with Crippen molar-refractivity contribution in [3.8, 4) is 0 Å². The highest BCUT2D eigenvalue weighted by Crippen LogP contribution is 2.22. The van der Waals surface area contributed by atoms with Crippen molar-refractivity contribution in [2.45, 2.75) is 11.4 Å². The van der Waals surface area contributed by atoms with Crippen molar-refractivity contribution in [3.63, 3.8) is 0 Å². The molecule has 4 N–H and O–H groups in total. The number of hydrazine groups is 1. The van der Waals surface area contributed by atoms with E-state index in [2.05, 4.69) is 45.7 Å². The van der Waals surface area contributed by atoms with E-state index < -0.39 is 10.0 Å². The number of nitrogens with two attached hydrogens (primary N) is 1. The average Bonchev–Trinajstić information content (AvgIpc) is 2.89. The summed E-state index contributed by atoms with van der Waals surface area (Å²) in [5.41, 5.74) is 2.22. The quantitative estimate of drug-likeness (QED) is 0.507. The van der Waals surface area contributed by atoms with Crippen LogP contribution in [0.2, 0.25) is 0 Å². The van der Waals surface area contributed by atoms with Gasteiger partial charge >= 0.3 is 0 Å². The van der Waals surface area contributed by atoms with Crippen LogP contribution >= 0.6 is 15.9 Å². The molecule has 0 spiro atoms. The van der Waals surface area contributed by atoms with Gasteiger partial charge in [0.2, 0.25) is 16.4 Å². The third kappa shape index (κ3) is 3.26. The molecule has 2 heterocycles. The Morgan fingerprint density at radius 3 is 2.84 bits per heavy atom. The monoisotopic (exact) mass is 348 g/mol. The third-order valence-corrected chi connectivity index (χ3v) is 3.92. The lowest BCUT2D eigenvalue weighted by molar-refractivity contribution is 0.409. The lowest BCUT2D eigenvalue weighted by Crippen LogP contribution is -2.26. The minimum atomic E-state index is -3.81. The van der Waals surface area contributed by atoms with E-state index in [1.54, 1.807) is 0 Å². The molecule has 0 atom stereocenters. The Kier molecular flexibility index (Phi) is 4.09. The van der Waals surface area contributed by atoms with Gasteiger partial charge in [-0.3, -0.25) is 0 Å². The standard InChI is InChI=1S/C8H9BrN6O3S/c9-5-1-6(8(14-10)11-2-5)19(16,17)13-3-7-12-4-18-15-7/h1-2,4,13H,3,10H2,(H,11,14). The van der Waals surface area contributed by atoms with E-state index in [9.17, 15) is 8.42 Å². The van der Waals surface area contributed by atoms with E-state index >= 15 is 0 Å². The van der Waals surface area contributed by atoms with E-state index in [-0.39, 0.29) is 23.1 Å². The van der Waals surface area contributed by atoms with Crippen molar-refractivity contribution >= 4 is 31.8 Å². The third-order valence-electron chi connectivity index (χ3n) is 2.07. The Hall–Kier alpha value is -1.56. The van der Waals surface area contributed by atoms with Gasteiger partial charge in [0.05, 0.1) is 6.54 Å². The topological polar surface area (TPSA) is 136 Å². The van der Waals surface area contributed by atoms with Crippen molar-refractivity contribution in [2.75, 3.05) is 5.43 Å². The molecule has 2 aromatic heterocycles. The first-order valence-electron chi connectivity index (χ1n) is 4.90. The van der Waals surface area contributed by atoms with Gasteiger partial charge < -0.3 is 9.95 Å². The first-order valence-corrected chi connectivity index (χ1v) is 7.17. The predicted molar refractivity (Wildman–Crippen MR) is 68.1 cm³/mol. The van der Waals surface area contributed by atoms with Crippen LogP contribution in [0.3, 0.4) is 0 Å². The summed E-state index contributed by atoms with van der Waals surface area (Å²) < 4.78 is 31.5. The smallest absolute Gasteiger partial charge is 0.244 e. The second-order valence-corrected chi connectivity index (χ2v) is 5.97. The summed E-state index contributed by atoms with van der Waals surface area (Å²) >= 11 is 3.14. The van der Waals surface area contributed by atoms with Crippen molar-refractivity contribution in [1.29, 1.82) is 0 Å². The minimum Gasteiger partial charge on any atom is -0.343 e. The normalized spacial score (nSPS) is 11.5. The maximum Gasteiger partial charge on any atom is 0.244 e. The summed E-state index contributed by atoms with van der Waals surface area (Å²) in [6.07, 6.45) is 2.53. The van der Waals surface area contributed by atoms with Crippen LogP contribution in [0.4, 0.5) is 5.82 Å². The first-order chi connectivity index (χ1) is 9.03. The zero-order valence-corrected chi connectivity index (χ0v) is 11.8. The van der Waals surface area contributed by atoms with E-state index in [1.807, 2.05) is 0 Å². The van der Waals surface area contributed by atoms with Gasteiger partial charge in [0, 0.05) is 10.7 Å². The molecule has 0 aliphatic rings. The Bertz CT molecular complexity index is 659.